The van der Waals surface area contributed by atoms with Crippen molar-refractivity contribution in [2.75, 3.05) is 0 Å². The maximum atomic E-state index is 12.2. The monoisotopic (exact) mass is 247 g/mol. The van der Waals surface area contributed by atoms with E-state index in [1.807, 2.05) is 24.3 Å². The highest BCUT2D eigenvalue weighted by Crippen LogP contribution is 2.27. The number of ketones is 1. The molecule has 1 unspecified atom stereocenters. The van der Waals surface area contributed by atoms with Crippen molar-refractivity contribution in [2.24, 2.45) is 11.7 Å². The highest BCUT2D eigenvalue weighted by atomic mass is 16.5. The van der Waals surface area contributed by atoms with Gasteiger partial charge in [0, 0.05) is 0 Å². The molecule has 2 atom stereocenters. The fourth-order valence-corrected chi connectivity index (χ4v) is 2.39. The van der Waals surface area contributed by atoms with Gasteiger partial charge in [-0.15, -0.1) is 0 Å². The summed E-state index contributed by atoms with van der Waals surface area (Å²) in [6, 6.07) is 7.49. The van der Waals surface area contributed by atoms with Gasteiger partial charge >= 0.3 is 0 Å². The maximum Gasteiger partial charge on any atom is 0.189 e. The van der Waals surface area contributed by atoms with Crippen LogP contribution in [0.4, 0.5) is 0 Å². The average molecular weight is 247 g/mol. The largest absolute Gasteiger partial charge is 0.482 e. The van der Waals surface area contributed by atoms with Gasteiger partial charge in [-0.2, -0.15) is 0 Å². The lowest BCUT2D eigenvalue weighted by Crippen LogP contribution is -2.43. The van der Waals surface area contributed by atoms with Gasteiger partial charge in [0.15, 0.2) is 11.9 Å². The molecule has 1 heterocycles. The van der Waals surface area contributed by atoms with Crippen molar-refractivity contribution in [3.05, 3.63) is 29.8 Å². The normalized spacial score (nSPS) is 20.1. The van der Waals surface area contributed by atoms with Crippen molar-refractivity contribution in [3.63, 3.8) is 0 Å². The van der Waals surface area contributed by atoms with Crippen LogP contribution >= 0.6 is 0 Å². The van der Waals surface area contributed by atoms with Crippen LogP contribution in [0.1, 0.15) is 32.3 Å². The second-order valence-corrected chi connectivity index (χ2v) is 5.39. The first-order chi connectivity index (χ1) is 8.58. The Balaban J connectivity index is 2.02. The summed E-state index contributed by atoms with van der Waals surface area (Å²) >= 11 is 0. The molecule has 98 valence electrons. The van der Waals surface area contributed by atoms with E-state index in [0.29, 0.717) is 5.92 Å². The quantitative estimate of drug-likeness (QED) is 0.888. The molecule has 0 aliphatic carbocycles. The van der Waals surface area contributed by atoms with Crippen LogP contribution in [0.2, 0.25) is 0 Å². The summed E-state index contributed by atoms with van der Waals surface area (Å²) in [4.78, 5) is 12.2. The summed E-state index contributed by atoms with van der Waals surface area (Å²) < 4.78 is 5.77. The lowest BCUT2D eigenvalue weighted by atomic mass is 9.93. The molecule has 1 aliphatic rings. The second-order valence-electron chi connectivity index (χ2n) is 5.39. The zero-order valence-electron chi connectivity index (χ0n) is 11.1. The first kappa shape index (κ1) is 13.1. The lowest BCUT2D eigenvalue weighted by Gasteiger charge is -2.27. The van der Waals surface area contributed by atoms with Crippen molar-refractivity contribution in [1.82, 2.24) is 0 Å². The van der Waals surface area contributed by atoms with Crippen molar-refractivity contribution >= 4 is 5.78 Å². The highest BCUT2D eigenvalue weighted by Gasteiger charge is 2.29. The Labute approximate surface area is 108 Å². The van der Waals surface area contributed by atoms with Gasteiger partial charge in [-0.25, -0.2) is 0 Å². The van der Waals surface area contributed by atoms with Gasteiger partial charge in [0.1, 0.15) is 5.75 Å². The molecule has 0 fully saturated rings. The maximum absolute atomic E-state index is 12.2. The number of Topliss-reactive ketones (excluding diaryl/α,β-unsaturated/α-hetero) is 1. The molecule has 0 aromatic heterocycles. The van der Waals surface area contributed by atoms with Crippen LogP contribution in [0.15, 0.2) is 24.3 Å². The minimum Gasteiger partial charge on any atom is -0.482 e. The van der Waals surface area contributed by atoms with Crippen molar-refractivity contribution < 1.29 is 9.53 Å². The number of carbonyl (C=O) groups excluding carboxylic acids is 1. The number of nitrogens with two attached hydrogens (primary N) is 1. The first-order valence-corrected chi connectivity index (χ1v) is 6.61. The van der Waals surface area contributed by atoms with Crippen molar-refractivity contribution in [2.45, 2.75) is 45.3 Å². The van der Waals surface area contributed by atoms with Crippen LogP contribution < -0.4 is 10.5 Å². The summed E-state index contributed by atoms with van der Waals surface area (Å²) in [5, 5.41) is 0. The van der Waals surface area contributed by atoms with E-state index in [1.165, 1.54) is 5.56 Å². The van der Waals surface area contributed by atoms with Crippen molar-refractivity contribution in [3.8, 4) is 5.75 Å². The molecule has 18 heavy (non-hydrogen) atoms. The van der Waals surface area contributed by atoms with Gasteiger partial charge in [0.2, 0.25) is 0 Å². The number of para-hydroxylation sites is 1. The number of ether oxygens (including phenoxy) is 1. The zero-order valence-corrected chi connectivity index (χ0v) is 11.1. The van der Waals surface area contributed by atoms with Crippen LogP contribution in [-0.4, -0.2) is 17.9 Å². The molecule has 0 radical (unpaired) electrons. The number of benzene rings is 1. The van der Waals surface area contributed by atoms with Gasteiger partial charge in [0.25, 0.3) is 0 Å². The number of aryl methyl sites for hydroxylation is 1. The number of rotatable bonds is 4. The SMILES string of the molecule is CC(C)C[C@H](N)C(=O)C1CCc2ccccc2O1. The molecule has 0 amide bonds. The third kappa shape index (κ3) is 2.91. The van der Waals surface area contributed by atoms with E-state index in [1.54, 1.807) is 0 Å². The predicted molar refractivity (Wildman–Crippen MR) is 71.6 cm³/mol. The summed E-state index contributed by atoms with van der Waals surface area (Å²) in [7, 11) is 0. The minimum atomic E-state index is -0.403. The molecule has 0 saturated heterocycles. The van der Waals surface area contributed by atoms with E-state index in [4.69, 9.17) is 10.5 Å². The second kappa shape index (κ2) is 5.53. The number of hydrogen-bond acceptors (Lipinski definition) is 3. The Morgan fingerprint density at radius 3 is 2.89 bits per heavy atom. The summed E-state index contributed by atoms with van der Waals surface area (Å²) in [6.45, 7) is 4.15. The van der Waals surface area contributed by atoms with Gasteiger partial charge in [0.05, 0.1) is 6.04 Å². The molecule has 2 rings (SSSR count). The molecule has 0 bridgehead atoms. The van der Waals surface area contributed by atoms with Crippen LogP contribution in [0.3, 0.4) is 0 Å². The number of carbonyl (C=O) groups is 1. The summed E-state index contributed by atoms with van der Waals surface area (Å²) in [5.74, 6) is 1.30. The van der Waals surface area contributed by atoms with Crippen LogP contribution in [-0.2, 0) is 11.2 Å². The predicted octanol–water partition coefficient (Wildman–Crippen LogP) is 2.32. The molecule has 0 spiro atoms. The van der Waals surface area contributed by atoms with Gasteiger partial charge < -0.3 is 10.5 Å². The molecule has 2 N–H and O–H groups in total. The molecule has 1 aliphatic heterocycles. The highest BCUT2D eigenvalue weighted by molar-refractivity contribution is 5.88. The lowest BCUT2D eigenvalue weighted by molar-refractivity contribution is -0.128. The van der Waals surface area contributed by atoms with E-state index < -0.39 is 6.04 Å². The van der Waals surface area contributed by atoms with Gasteiger partial charge in [-0.3, -0.25) is 4.79 Å². The van der Waals surface area contributed by atoms with E-state index in [0.717, 1.165) is 25.0 Å². The van der Waals surface area contributed by atoms with Crippen LogP contribution in [0, 0.1) is 5.92 Å². The molecular formula is C15H21NO2. The molecule has 0 saturated carbocycles. The molecule has 1 aromatic rings. The Morgan fingerprint density at radius 1 is 1.44 bits per heavy atom. The Bertz CT molecular complexity index is 428. The van der Waals surface area contributed by atoms with Gasteiger partial charge in [-0.05, 0) is 36.8 Å². The van der Waals surface area contributed by atoms with Crippen LogP contribution in [0.5, 0.6) is 5.75 Å². The fraction of sp³-hybridized carbons (Fsp3) is 0.533. The third-order valence-electron chi connectivity index (χ3n) is 3.33. The van der Waals surface area contributed by atoms with E-state index in [9.17, 15) is 4.79 Å². The molecular weight excluding hydrogens is 226 g/mol. The first-order valence-electron chi connectivity index (χ1n) is 6.61. The Morgan fingerprint density at radius 2 is 2.17 bits per heavy atom. The van der Waals surface area contributed by atoms with Gasteiger partial charge in [-0.1, -0.05) is 32.0 Å². The molecule has 1 aromatic carbocycles. The summed E-state index contributed by atoms with van der Waals surface area (Å²) in [5.41, 5.74) is 7.12. The fourth-order valence-electron chi connectivity index (χ4n) is 2.39. The number of fused-ring (bicyclic) bond motifs is 1. The molecule has 3 heteroatoms. The smallest absolute Gasteiger partial charge is 0.189 e. The minimum absolute atomic E-state index is 0.0400. The van der Waals surface area contributed by atoms with E-state index >= 15 is 0 Å². The Kier molecular flexibility index (Phi) is 4.02. The van der Waals surface area contributed by atoms with Crippen molar-refractivity contribution in [1.29, 1.82) is 0 Å². The van der Waals surface area contributed by atoms with E-state index in [-0.39, 0.29) is 11.9 Å². The Hall–Kier alpha value is -1.35. The summed E-state index contributed by atoms with van der Waals surface area (Å²) in [6.07, 6.45) is 1.98. The molecule has 3 nitrogen and oxygen atoms in total. The average Bonchev–Trinajstić information content (AvgIpc) is 2.36. The van der Waals surface area contributed by atoms with E-state index in [2.05, 4.69) is 13.8 Å². The topological polar surface area (TPSA) is 52.3 Å². The number of hydrogen-bond donors (Lipinski definition) is 1. The standard InChI is InChI=1S/C15H21NO2/c1-10(2)9-12(16)15(17)14-8-7-11-5-3-4-6-13(11)18-14/h3-6,10,12,14H,7-9,16H2,1-2H3/t12-,14?/m0/s1. The van der Waals surface area contributed by atoms with Crippen LogP contribution in [0.25, 0.3) is 0 Å². The third-order valence-corrected chi connectivity index (χ3v) is 3.33. The zero-order chi connectivity index (χ0) is 13.1.